The maximum absolute atomic E-state index is 15.3. The lowest BCUT2D eigenvalue weighted by Crippen LogP contribution is -2.61. The number of carbonyl (C=O) groups is 1. The van der Waals surface area contributed by atoms with Crippen molar-refractivity contribution < 1.29 is 4.79 Å². The summed E-state index contributed by atoms with van der Waals surface area (Å²) in [5.41, 5.74) is 9.69. The molecule has 2 atom stereocenters. The van der Waals surface area contributed by atoms with Gasteiger partial charge in [0, 0.05) is 22.4 Å². The van der Waals surface area contributed by atoms with Gasteiger partial charge in [-0.3, -0.25) is 4.79 Å². The lowest BCUT2D eigenvalue weighted by Gasteiger charge is -2.53. The Bertz CT molecular complexity index is 1900. The Morgan fingerprint density at radius 2 is 1.20 bits per heavy atom. The third-order valence-corrected chi connectivity index (χ3v) is 9.73. The van der Waals surface area contributed by atoms with E-state index in [1.165, 1.54) is 11.1 Å². The summed E-state index contributed by atoms with van der Waals surface area (Å²) in [5.74, 6) is -0.370. The van der Waals surface area contributed by atoms with Crippen LogP contribution in [0.25, 0.3) is 11.1 Å². The third kappa shape index (κ3) is 4.28. The highest BCUT2D eigenvalue weighted by Gasteiger charge is 2.63. The van der Waals surface area contributed by atoms with E-state index in [1.54, 1.807) is 0 Å². The van der Waals surface area contributed by atoms with Crippen molar-refractivity contribution in [1.29, 1.82) is 0 Å². The van der Waals surface area contributed by atoms with Gasteiger partial charge in [0.25, 0.3) is 0 Å². The predicted octanol–water partition coefficient (Wildman–Crippen LogP) is 10.2. The molecule has 0 radical (unpaired) electrons. The second-order valence-corrected chi connectivity index (χ2v) is 12.7. The molecule has 44 heavy (non-hydrogen) atoms. The standard InChI is InChI=1S/C42H37NO/c1-29-19-23-31(24-20-29)34-27-36(32-13-7-5-8-14-32)39(40(44)33-25-21-30(2)22-26-33)42(28-34)41(3,4)37-17-11-12-18-38(37)43(42)35-15-9-6-10-16-35/h5-28,39H,1-4H3/t39-,42+/m1/s1. The van der Waals surface area contributed by atoms with E-state index in [0.29, 0.717) is 0 Å². The van der Waals surface area contributed by atoms with E-state index >= 15 is 4.79 Å². The van der Waals surface area contributed by atoms with E-state index in [9.17, 15) is 0 Å². The predicted molar refractivity (Wildman–Crippen MR) is 183 cm³/mol. The fourth-order valence-corrected chi connectivity index (χ4v) is 7.43. The molecule has 1 spiro atoms. The van der Waals surface area contributed by atoms with Gasteiger partial charge in [-0.15, -0.1) is 0 Å². The number of allylic oxidation sites excluding steroid dienone is 2. The molecule has 0 aromatic heterocycles. The number of fused-ring (bicyclic) bond motifs is 1. The van der Waals surface area contributed by atoms with Crippen LogP contribution in [-0.2, 0) is 5.41 Å². The van der Waals surface area contributed by atoms with Gasteiger partial charge < -0.3 is 4.90 Å². The summed E-state index contributed by atoms with van der Waals surface area (Å²) < 4.78 is 0. The smallest absolute Gasteiger partial charge is 0.173 e. The van der Waals surface area contributed by atoms with Gasteiger partial charge in [0.1, 0.15) is 0 Å². The van der Waals surface area contributed by atoms with E-state index in [-0.39, 0.29) is 5.78 Å². The van der Waals surface area contributed by atoms with Crippen molar-refractivity contribution in [2.24, 2.45) is 5.92 Å². The molecule has 0 saturated carbocycles. The summed E-state index contributed by atoms with van der Waals surface area (Å²) in [7, 11) is 0. The van der Waals surface area contributed by atoms with Crippen molar-refractivity contribution in [2.75, 3.05) is 4.90 Å². The Morgan fingerprint density at radius 3 is 1.86 bits per heavy atom. The number of aryl methyl sites for hydroxylation is 2. The summed E-state index contributed by atoms with van der Waals surface area (Å²) in [6.45, 7) is 8.83. The molecule has 1 aliphatic carbocycles. The van der Waals surface area contributed by atoms with Gasteiger partial charge in [-0.05, 0) is 72.0 Å². The number of nitrogens with zero attached hydrogens (tertiary/aromatic N) is 1. The second-order valence-electron chi connectivity index (χ2n) is 12.7. The molecule has 7 rings (SSSR count). The van der Waals surface area contributed by atoms with Crippen molar-refractivity contribution in [3.8, 4) is 0 Å². The Labute approximate surface area is 261 Å². The van der Waals surface area contributed by atoms with Crippen molar-refractivity contribution in [2.45, 2.75) is 38.6 Å². The Kier molecular flexibility index (Phi) is 6.74. The minimum Gasteiger partial charge on any atom is -0.330 e. The number of hydrogen-bond acceptors (Lipinski definition) is 2. The normalized spacial score (nSPS) is 20.2. The van der Waals surface area contributed by atoms with Crippen LogP contribution in [0.5, 0.6) is 0 Å². The number of rotatable bonds is 5. The number of Topliss-reactive ketones (excluding diaryl/α,β-unsaturated/α-hetero) is 1. The van der Waals surface area contributed by atoms with Crippen LogP contribution < -0.4 is 4.90 Å². The monoisotopic (exact) mass is 571 g/mol. The topological polar surface area (TPSA) is 20.3 Å². The van der Waals surface area contributed by atoms with Crippen molar-refractivity contribution in [1.82, 2.24) is 0 Å². The molecule has 0 bridgehead atoms. The van der Waals surface area contributed by atoms with Crippen molar-refractivity contribution >= 4 is 28.3 Å². The van der Waals surface area contributed by atoms with E-state index in [4.69, 9.17) is 0 Å². The van der Waals surface area contributed by atoms with Crippen LogP contribution in [0.1, 0.15) is 52.0 Å². The van der Waals surface area contributed by atoms with E-state index in [1.807, 2.05) is 30.3 Å². The van der Waals surface area contributed by atoms with Crippen molar-refractivity contribution in [3.05, 3.63) is 179 Å². The van der Waals surface area contributed by atoms with Crippen LogP contribution in [0.15, 0.2) is 146 Å². The van der Waals surface area contributed by atoms with E-state index < -0.39 is 16.9 Å². The van der Waals surface area contributed by atoms with Gasteiger partial charge >= 0.3 is 0 Å². The lowest BCUT2D eigenvalue weighted by atomic mass is 9.57. The quantitative estimate of drug-likeness (QED) is 0.196. The number of anilines is 2. The summed E-state index contributed by atoms with van der Waals surface area (Å²) in [4.78, 5) is 17.7. The summed E-state index contributed by atoms with van der Waals surface area (Å²) in [5, 5.41) is 0. The van der Waals surface area contributed by atoms with Crippen LogP contribution in [-0.4, -0.2) is 11.3 Å². The molecule has 0 saturated heterocycles. The van der Waals surface area contributed by atoms with Crippen LogP contribution in [0.3, 0.4) is 0 Å². The van der Waals surface area contributed by atoms with Gasteiger partial charge in [-0.25, -0.2) is 0 Å². The molecule has 216 valence electrons. The highest BCUT2D eigenvalue weighted by atomic mass is 16.1. The molecular weight excluding hydrogens is 534 g/mol. The van der Waals surface area contributed by atoms with E-state index in [0.717, 1.165) is 44.8 Å². The maximum atomic E-state index is 15.3. The SMILES string of the molecule is Cc1ccc(C(=O)[C@H]2C(c3ccccc3)=CC(c3ccc(C)cc3)=C[C@]23N(c2ccccc2)c2ccccc2C3(C)C)cc1. The molecule has 0 amide bonds. The first-order valence-corrected chi connectivity index (χ1v) is 15.4. The highest BCUT2D eigenvalue weighted by Crippen LogP contribution is 2.63. The third-order valence-electron chi connectivity index (χ3n) is 9.73. The number of hydrogen-bond donors (Lipinski definition) is 0. The second kappa shape index (κ2) is 10.6. The highest BCUT2D eigenvalue weighted by molar-refractivity contribution is 6.10. The molecule has 2 nitrogen and oxygen atoms in total. The Balaban J connectivity index is 1.60. The zero-order valence-electron chi connectivity index (χ0n) is 25.8. The minimum atomic E-state index is -0.764. The van der Waals surface area contributed by atoms with Crippen molar-refractivity contribution in [3.63, 3.8) is 0 Å². The first-order chi connectivity index (χ1) is 21.3. The number of benzene rings is 5. The zero-order chi connectivity index (χ0) is 30.5. The van der Waals surface area contributed by atoms with E-state index in [2.05, 4.69) is 148 Å². The Morgan fingerprint density at radius 1 is 0.636 bits per heavy atom. The zero-order valence-corrected chi connectivity index (χ0v) is 25.8. The average Bonchev–Trinajstić information content (AvgIpc) is 3.24. The van der Waals surface area contributed by atoms with Gasteiger partial charge in [-0.1, -0.05) is 140 Å². The number of carbonyl (C=O) groups excluding carboxylic acids is 1. The average molecular weight is 572 g/mol. The largest absolute Gasteiger partial charge is 0.330 e. The van der Waals surface area contributed by atoms with Crippen LogP contribution in [0.2, 0.25) is 0 Å². The summed E-state index contributed by atoms with van der Waals surface area (Å²) in [6.07, 6.45) is 4.68. The van der Waals surface area contributed by atoms with Crippen LogP contribution >= 0.6 is 0 Å². The molecule has 0 fully saturated rings. The molecule has 1 heterocycles. The molecule has 5 aromatic carbocycles. The first kappa shape index (κ1) is 27.9. The molecule has 0 unspecified atom stereocenters. The van der Waals surface area contributed by atoms with Gasteiger partial charge in [-0.2, -0.15) is 0 Å². The summed E-state index contributed by atoms with van der Waals surface area (Å²) in [6, 6.07) is 46.6. The maximum Gasteiger partial charge on any atom is 0.173 e. The first-order valence-electron chi connectivity index (χ1n) is 15.4. The summed E-state index contributed by atoms with van der Waals surface area (Å²) >= 11 is 0. The fourth-order valence-electron chi connectivity index (χ4n) is 7.43. The molecule has 2 heteroatoms. The van der Waals surface area contributed by atoms with Gasteiger partial charge in [0.2, 0.25) is 0 Å². The molecule has 5 aromatic rings. The van der Waals surface area contributed by atoms with Gasteiger partial charge in [0.05, 0.1) is 11.5 Å². The van der Waals surface area contributed by atoms with Gasteiger partial charge in [0.15, 0.2) is 5.78 Å². The molecule has 0 N–H and O–H groups in total. The number of para-hydroxylation sites is 2. The minimum absolute atomic E-state index is 0.126. The molecular formula is C42H37NO. The Hall–Kier alpha value is -4.95. The lowest BCUT2D eigenvalue weighted by molar-refractivity contribution is 0.0888. The molecule has 1 aliphatic heterocycles. The fraction of sp³-hybridized carbons (Fsp3) is 0.167. The van der Waals surface area contributed by atoms with Crippen LogP contribution in [0.4, 0.5) is 11.4 Å². The number of ketones is 1. The molecule has 2 aliphatic rings. The van der Waals surface area contributed by atoms with Crippen LogP contribution in [0, 0.1) is 19.8 Å².